The van der Waals surface area contributed by atoms with E-state index >= 15 is 0 Å². The number of rotatable bonds is 5. The Morgan fingerprint density at radius 1 is 1.70 bits per heavy atom. The summed E-state index contributed by atoms with van der Waals surface area (Å²) in [5.41, 5.74) is 10.6. The van der Waals surface area contributed by atoms with Gasteiger partial charge in [-0.25, -0.2) is 0 Å². The third kappa shape index (κ3) is 3.87. The van der Waals surface area contributed by atoms with Gasteiger partial charge in [-0.2, -0.15) is 11.8 Å². The van der Waals surface area contributed by atoms with E-state index in [2.05, 4.69) is 0 Å². The standard InChI is InChI=1S/C6H14N2OS/c1-10-3-2-5(8)6(9)4-7/h5H,2-4,7-8H2,1H3/t5-/m0/s1. The van der Waals surface area contributed by atoms with E-state index in [-0.39, 0.29) is 18.4 Å². The van der Waals surface area contributed by atoms with Crippen LogP contribution >= 0.6 is 11.8 Å². The summed E-state index contributed by atoms with van der Waals surface area (Å²) in [6.45, 7) is 0.0650. The molecule has 0 spiro atoms. The summed E-state index contributed by atoms with van der Waals surface area (Å²) in [6.07, 6.45) is 2.72. The maximum atomic E-state index is 10.8. The van der Waals surface area contributed by atoms with Gasteiger partial charge in [0.15, 0.2) is 5.78 Å². The van der Waals surface area contributed by atoms with Gasteiger partial charge in [-0.15, -0.1) is 0 Å². The molecule has 3 nitrogen and oxygen atoms in total. The van der Waals surface area contributed by atoms with Crippen LogP contribution in [0.15, 0.2) is 0 Å². The molecule has 0 amide bonds. The zero-order valence-electron chi connectivity index (χ0n) is 6.17. The van der Waals surface area contributed by atoms with E-state index in [1.807, 2.05) is 6.26 Å². The Labute approximate surface area is 65.5 Å². The average molecular weight is 162 g/mol. The van der Waals surface area contributed by atoms with Crippen LogP contribution in [0, 0.1) is 0 Å². The first-order valence-electron chi connectivity index (χ1n) is 3.19. The van der Waals surface area contributed by atoms with Gasteiger partial charge < -0.3 is 11.5 Å². The molecule has 0 aromatic carbocycles. The van der Waals surface area contributed by atoms with Crippen molar-refractivity contribution in [1.29, 1.82) is 0 Å². The number of ketones is 1. The molecular weight excluding hydrogens is 148 g/mol. The van der Waals surface area contributed by atoms with Crippen LogP contribution in [0.1, 0.15) is 6.42 Å². The van der Waals surface area contributed by atoms with Crippen LogP contribution in [-0.2, 0) is 4.79 Å². The largest absolute Gasteiger partial charge is 0.324 e. The lowest BCUT2D eigenvalue weighted by molar-refractivity contribution is -0.118. The second-order valence-electron chi connectivity index (χ2n) is 2.06. The SMILES string of the molecule is CSCC[C@H](N)C(=O)CN. The highest BCUT2D eigenvalue weighted by molar-refractivity contribution is 7.98. The number of carbonyl (C=O) groups is 1. The number of hydrogen-bond acceptors (Lipinski definition) is 4. The smallest absolute Gasteiger partial charge is 0.163 e. The van der Waals surface area contributed by atoms with Crippen molar-refractivity contribution in [2.24, 2.45) is 11.5 Å². The van der Waals surface area contributed by atoms with E-state index in [0.717, 1.165) is 12.2 Å². The Morgan fingerprint density at radius 3 is 2.70 bits per heavy atom. The van der Waals surface area contributed by atoms with E-state index in [9.17, 15) is 4.79 Å². The summed E-state index contributed by atoms with van der Waals surface area (Å²) in [4.78, 5) is 10.8. The first-order valence-corrected chi connectivity index (χ1v) is 4.59. The van der Waals surface area contributed by atoms with Gasteiger partial charge in [0.05, 0.1) is 12.6 Å². The molecule has 0 radical (unpaired) electrons. The van der Waals surface area contributed by atoms with Crippen LogP contribution in [0.2, 0.25) is 0 Å². The highest BCUT2D eigenvalue weighted by Crippen LogP contribution is 1.98. The summed E-state index contributed by atoms with van der Waals surface area (Å²) >= 11 is 1.68. The Balaban J connectivity index is 3.41. The maximum absolute atomic E-state index is 10.8. The molecule has 60 valence electrons. The van der Waals surface area contributed by atoms with Crippen LogP contribution in [0.4, 0.5) is 0 Å². The van der Waals surface area contributed by atoms with Gasteiger partial charge in [0, 0.05) is 0 Å². The number of Topliss-reactive ketones (excluding diaryl/α,β-unsaturated/α-hetero) is 1. The molecule has 1 atom stereocenters. The summed E-state index contributed by atoms with van der Waals surface area (Å²) in [7, 11) is 0. The van der Waals surface area contributed by atoms with Crippen molar-refractivity contribution in [2.75, 3.05) is 18.6 Å². The molecule has 0 aliphatic carbocycles. The van der Waals surface area contributed by atoms with Crippen LogP contribution in [0.3, 0.4) is 0 Å². The summed E-state index contributed by atoms with van der Waals surface area (Å²) < 4.78 is 0. The molecule has 10 heavy (non-hydrogen) atoms. The molecule has 4 N–H and O–H groups in total. The molecule has 0 bridgehead atoms. The van der Waals surface area contributed by atoms with Crippen molar-refractivity contribution in [3.8, 4) is 0 Å². The van der Waals surface area contributed by atoms with E-state index in [0.29, 0.717) is 0 Å². The molecule has 0 aliphatic rings. The van der Waals surface area contributed by atoms with Crippen molar-refractivity contribution >= 4 is 17.5 Å². The van der Waals surface area contributed by atoms with Gasteiger partial charge in [-0.3, -0.25) is 4.79 Å². The normalized spacial score (nSPS) is 13.1. The summed E-state index contributed by atoms with van der Waals surface area (Å²) in [6, 6.07) is -0.350. The second kappa shape index (κ2) is 5.70. The van der Waals surface area contributed by atoms with Gasteiger partial charge >= 0.3 is 0 Å². The fraction of sp³-hybridized carbons (Fsp3) is 0.833. The molecule has 0 heterocycles. The topological polar surface area (TPSA) is 69.1 Å². The molecule has 0 rings (SSSR count). The van der Waals surface area contributed by atoms with Crippen molar-refractivity contribution in [3.63, 3.8) is 0 Å². The van der Waals surface area contributed by atoms with Crippen molar-refractivity contribution in [3.05, 3.63) is 0 Å². The molecule has 0 aromatic rings. The first-order chi connectivity index (χ1) is 4.72. The fourth-order valence-corrected chi connectivity index (χ4v) is 1.05. The van der Waals surface area contributed by atoms with Crippen molar-refractivity contribution in [2.45, 2.75) is 12.5 Å². The maximum Gasteiger partial charge on any atom is 0.163 e. The first kappa shape index (κ1) is 9.94. The number of thioether (sulfide) groups is 1. The second-order valence-corrected chi connectivity index (χ2v) is 3.04. The Bertz CT molecular complexity index is 108. The Morgan fingerprint density at radius 2 is 2.30 bits per heavy atom. The average Bonchev–Trinajstić information content (AvgIpc) is 1.98. The van der Waals surface area contributed by atoms with Crippen molar-refractivity contribution in [1.82, 2.24) is 0 Å². The van der Waals surface area contributed by atoms with Gasteiger partial charge in [-0.1, -0.05) is 0 Å². The summed E-state index contributed by atoms with van der Waals surface area (Å²) in [5.74, 6) is 0.876. The van der Waals surface area contributed by atoms with E-state index in [1.54, 1.807) is 11.8 Å². The number of carbonyl (C=O) groups excluding carboxylic acids is 1. The highest BCUT2D eigenvalue weighted by atomic mass is 32.2. The van der Waals surface area contributed by atoms with Gasteiger partial charge in [0.2, 0.25) is 0 Å². The predicted octanol–water partition coefficient (Wildman–Crippen LogP) is -0.405. The molecule has 4 heteroatoms. The van der Waals surface area contributed by atoms with E-state index < -0.39 is 0 Å². The number of nitrogens with two attached hydrogens (primary N) is 2. The molecule has 0 unspecified atom stereocenters. The minimum atomic E-state index is -0.350. The third-order valence-electron chi connectivity index (χ3n) is 1.25. The minimum absolute atomic E-state index is 0.0472. The van der Waals surface area contributed by atoms with Gasteiger partial charge in [-0.05, 0) is 18.4 Å². The molecule has 0 aliphatic heterocycles. The molecule has 0 saturated heterocycles. The predicted molar refractivity (Wildman–Crippen MR) is 45.0 cm³/mol. The van der Waals surface area contributed by atoms with E-state index in [1.165, 1.54) is 0 Å². The van der Waals surface area contributed by atoms with Crippen LogP contribution in [0.5, 0.6) is 0 Å². The van der Waals surface area contributed by atoms with Crippen LogP contribution in [0.25, 0.3) is 0 Å². The Kier molecular flexibility index (Phi) is 5.67. The Hall–Kier alpha value is -0.0600. The lowest BCUT2D eigenvalue weighted by atomic mass is 10.1. The molecular formula is C6H14N2OS. The zero-order valence-corrected chi connectivity index (χ0v) is 6.99. The van der Waals surface area contributed by atoms with Crippen molar-refractivity contribution < 1.29 is 4.79 Å². The molecule has 0 saturated carbocycles. The fourth-order valence-electron chi connectivity index (χ4n) is 0.557. The van der Waals surface area contributed by atoms with Gasteiger partial charge in [0.25, 0.3) is 0 Å². The lowest BCUT2D eigenvalue weighted by Crippen LogP contribution is -2.35. The monoisotopic (exact) mass is 162 g/mol. The lowest BCUT2D eigenvalue weighted by Gasteiger charge is -2.06. The minimum Gasteiger partial charge on any atom is -0.324 e. The number of hydrogen-bond donors (Lipinski definition) is 2. The molecule has 0 aromatic heterocycles. The van der Waals surface area contributed by atoms with Crippen LogP contribution < -0.4 is 11.5 Å². The highest BCUT2D eigenvalue weighted by Gasteiger charge is 2.09. The van der Waals surface area contributed by atoms with Gasteiger partial charge in [0.1, 0.15) is 0 Å². The molecule has 0 fully saturated rings. The quantitative estimate of drug-likeness (QED) is 0.577. The van der Waals surface area contributed by atoms with E-state index in [4.69, 9.17) is 11.5 Å². The van der Waals surface area contributed by atoms with Crippen LogP contribution in [-0.4, -0.2) is 30.4 Å². The third-order valence-corrected chi connectivity index (χ3v) is 1.89. The zero-order chi connectivity index (χ0) is 7.98. The summed E-state index contributed by atoms with van der Waals surface area (Å²) in [5, 5.41) is 0.